The predicted octanol–water partition coefficient (Wildman–Crippen LogP) is 5.33. The number of esters is 1. The molecule has 4 aromatic rings. The van der Waals surface area contributed by atoms with Gasteiger partial charge in [0.25, 0.3) is 5.78 Å². The molecule has 0 spiro atoms. The molecule has 1 aliphatic rings. The number of carbonyl (C=O) groups is 3. The zero-order chi connectivity index (χ0) is 25.6. The van der Waals surface area contributed by atoms with Gasteiger partial charge >= 0.3 is 11.9 Å². The van der Waals surface area contributed by atoms with Crippen LogP contribution in [0.25, 0.3) is 16.0 Å². The Labute approximate surface area is 211 Å². The van der Waals surface area contributed by atoms with Gasteiger partial charge in [0.1, 0.15) is 5.76 Å². The van der Waals surface area contributed by atoms with Crippen LogP contribution >= 0.6 is 11.3 Å². The van der Waals surface area contributed by atoms with Gasteiger partial charge < -0.3 is 9.84 Å². The fourth-order valence-electron chi connectivity index (χ4n) is 4.25. The Balaban J connectivity index is 1.70. The van der Waals surface area contributed by atoms with Crippen molar-refractivity contribution in [1.82, 2.24) is 4.98 Å². The summed E-state index contributed by atoms with van der Waals surface area (Å²) in [5.41, 5.74) is 4.01. The SMILES string of the molecule is COC(=O)c1ccc([C@H]2C(=C(O)c3ccc(C)cc3)C(=O)C(=O)N2c2nc3ccc(C)cc3s2)cc1. The number of thiazole rings is 1. The minimum Gasteiger partial charge on any atom is -0.507 e. The molecule has 0 bridgehead atoms. The number of hydrogen-bond acceptors (Lipinski definition) is 7. The van der Waals surface area contributed by atoms with E-state index in [2.05, 4.69) is 4.98 Å². The standard InChI is InChI=1S/C28H22N2O5S/c1-15-4-7-18(8-5-15)24(31)22-23(17-9-11-19(12-10-17)27(34)35-3)30(26(33)25(22)32)28-29-20-13-6-16(2)14-21(20)36-28/h4-14,23,31H,1-3H3/t23-/m0/s1. The summed E-state index contributed by atoms with van der Waals surface area (Å²) in [5.74, 6) is -2.35. The number of anilines is 1. The van der Waals surface area contributed by atoms with Crippen LogP contribution in [0, 0.1) is 13.8 Å². The van der Waals surface area contributed by atoms with Crippen LogP contribution in [0.1, 0.15) is 38.7 Å². The lowest BCUT2D eigenvalue weighted by Crippen LogP contribution is -2.29. The second kappa shape index (κ2) is 9.05. The van der Waals surface area contributed by atoms with Crippen molar-refractivity contribution >= 4 is 50.1 Å². The third kappa shape index (κ3) is 3.95. The van der Waals surface area contributed by atoms with Crippen LogP contribution in [0.15, 0.2) is 72.3 Å². The normalized spacial score (nSPS) is 17.1. The van der Waals surface area contributed by atoms with Crippen LogP contribution in [0.2, 0.25) is 0 Å². The molecule has 2 heterocycles. The van der Waals surface area contributed by atoms with Crippen molar-refractivity contribution < 1.29 is 24.2 Å². The molecule has 1 aliphatic heterocycles. The molecule has 3 aromatic carbocycles. The molecule has 1 N–H and O–H groups in total. The number of aliphatic hydroxyl groups is 1. The topological polar surface area (TPSA) is 96.8 Å². The van der Waals surface area contributed by atoms with Crippen LogP contribution in [0.4, 0.5) is 5.13 Å². The van der Waals surface area contributed by atoms with E-state index in [-0.39, 0.29) is 11.3 Å². The van der Waals surface area contributed by atoms with E-state index in [9.17, 15) is 19.5 Å². The van der Waals surface area contributed by atoms with Crippen molar-refractivity contribution in [2.75, 3.05) is 12.0 Å². The smallest absolute Gasteiger partial charge is 0.337 e. The number of ketones is 1. The Morgan fingerprint density at radius 2 is 1.58 bits per heavy atom. The largest absolute Gasteiger partial charge is 0.507 e. The van der Waals surface area contributed by atoms with Crippen molar-refractivity contribution in [3.63, 3.8) is 0 Å². The summed E-state index contributed by atoms with van der Waals surface area (Å²) in [6.45, 7) is 3.88. The number of fused-ring (bicyclic) bond motifs is 1. The molecule has 0 aliphatic carbocycles. The van der Waals surface area contributed by atoms with Crippen molar-refractivity contribution in [3.8, 4) is 0 Å². The highest BCUT2D eigenvalue weighted by molar-refractivity contribution is 7.22. The summed E-state index contributed by atoms with van der Waals surface area (Å²) >= 11 is 1.30. The van der Waals surface area contributed by atoms with Crippen LogP contribution < -0.4 is 4.90 Å². The van der Waals surface area contributed by atoms with Gasteiger partial charge in [0, 0.05) is 5.56 Å². The van der Waals surface area contributed by atoms with E-state index >= 15 is 0 Å². The molecule has 180 valence electrons. The molecule has 7 nitrogen and oxygen atoms in total. The highest BCUT2D eigenvalue weighted by Crippen LogP contribution is 2.44. The van der Waals surface area contributed by atoms with Crippen molar-refractivity contribution in [2.45, 2.75) is 19.9 Å². The lowest BCUT2D eigenvalue weighted by molar-refractivity contribution is -0.132. The van der Waals surface area contributed by atoms with E-state index in [0.717, 1.165) is 15.8 Å². The first-order chi connectivity index (χ1) is 17.3. The monoisotopic (exact) mass is 498 g/mol. The number of hydrogen-bond donors (Lipinski definition) is 1. The maximum absolute atomic E-state index is 13.4. The minimum absolute atomic E-state index is 0.0369. The average Bonchev–Trinajstić information content (AvgIpc) is 3.41. The van der Waals surface area contributed by atoms with Gasteiger partial charge in [-0.2, -0.15) is 0 Å². The molecule has 1 aromatic heterocycles. The van der Waals surface area contributed by atoms with Gasteiger partial charge in [-0.25, -0.2) is 9.78 Å². The van der Waals surface area contributed by atoms with E-state index in [0.29, 0.717) is 27.3 Å². The summed E-state index contributed by atoms with van der Waals surface area (Å²) < 4.78 is 5.66. The average molecular weight is 499 g/mol. The summed E-state index contributed by atoms with van der Waals surface area (Å²) in [4.78, 5) is 44.6. The highest BCUT2D eigenvalue weighted by Gasteiger charge is 2.48. The summed E-state index contributed by atoms with van der Waals surface area (Å²) in [5, 5.41) is 11.6. The maximum Gasteiger partial charge on any atom is 0.337 e. The fraction of sp³-hybridized carbons (Fsp3) is 0.143. The van der Waals surface area contributed by atoms with E-state index in [4.69, 9.17) is 4.74 Å². The molecule has 0 unspecified atom stereocenters. The van der Waals surface area contributed by atoms with Crippen molar-refractivity contribution in [3.05, 3.63) is 100 Å². The molecule has 36 heavy (non-hydrogen) atoms. The van der Waals surface area contributed by atoms with Crippen molar-refractivity contribution in [2.24, 2.45) is 0 Å². The van der Waals surface area contributed by atoms with Crippen LogP contribution in [-0.4, -0.2) is 34.9 Å². The van der Waals surface area contributed by atoms with Gasteiger partial charge in [-0.1, -0.05) is 59.4 Å². The third-order valence-corrected chi connectivity index (χ3v) is 7.17. The minimum atomic E-state index is -0.931. The fourth-order valence-corrected chi connectivity index (χ4v) is 5.34. The lowest BCUT2D eigenvalue weighted by atomic mass is 9.94. The second-order valence-corrected chi connectivity index (χ2v) is 9.63. The first kappa shape index (κ1) is 23.4. The van der Waals surface area contributed by atoms with Crippen LogP contribution in [0.5, 0.6) is 0 Å². The number of benzene rings is 3. The Kier molecular flexibility index (Phi) is 5.89. The number of aryl methyl sites for hydroxylation is 2. The highest BCUT2D eigenvalue weighted by atomic mass is 32.1. The molecule has 0 radical (unpaired) electrons. The lowest BCUT2D eigenvalue weighted by Gasteiger charge is -2.23. The maximum atomic E-state index is 13.4. The number of aliphatic hydroxyl groups excluding tert-OH is 1. The van der Waals surface area contributed by atoms with Crippen LogP contribution in [-0.2, 0) is 14.3 Å². The molecule has 1 saturated heterocycles. The van der Waals surface area contributed by atoms with Crippen molar-refractivity contribution in [1.29, 1.82) is 0 Å². The third-order valence-electron chi connectivity index (χ3n) is 6.16. The Hall–Kier alpha value is -4.30. The Morgan fingerprint density at radius 1 is 0.944 bits per heavy atom. The summed E-state index contributed by atoms with van der Waals surface area (Å²) in [6, 6.07) is 18.3. The van der Waals surface area contributed by atoms with E-state index in [1.165, 1.54) is 23.3 Å². The summed E-state index contributed by atoms with van der Waals surface area (Å²) in [7, 11) is 1.29. The number of amides is 1. The van der Waals surface area contributed by atoms with E-state index in [1.54, 1.807) is 36.4 Å². The quantitative estimate of drug-likeness (QED) is 0.177. The molecule has 5 rings (SSSR count). The van der Waals surface area contributed by atoms with Gasteiger partial charge in [-0.3, -0.25) is 14.5 Å². The first-order valence-corrected chi connectivity index (χ1v) is 12.0. The molecule has 1 fully saturated rings. The molecular weight excluding hydrogens is 476 g/mol. The van der Waals surface area contributed by atoms with Crippen LogP contribution in [0.3, 0.4) is 0 Å². The number of rotatable bonds is 4. The zero-order valence-corrected chi connectivity index (χ0v) is 20.6. The van der Waals surface area contributed by atoms with Gasteiger partial charge in [0.2, 0.25) is 0 Å². The number of Topliss-reactive ketones (excluding diaryl/α,β-unsaturated/α-hetero) is 1. The zero-order valence-electron chi connectivity index (χ0n) is 19.8. The van der Waals surface area contributed by atoms with Gasteiger partial charge in [-0.15, -0.1) is 0 Å². The molecule has 1 atom stereocenters. The predicted molar refractivity (Wildman–Crippen MR) is 138 cm³/mol. The number of methoxy groups -OCH3 is 1. The number of nitrogens with zero attached hydrogens (tertiary/aromatic N) is 2. The molecular formula is C28H22N2O5S. The number of aromatic nitrogens is 1. The molecule has 8 heteroatoms. The molecule has 0 saturated carbocycles. The van der Waals surface area contributed by atoms with Gasteiger partial charge in [0.05, 0.1) is 34.5 Å². The van der Waals surface area contributed by atoms with E-state index in [1.807, 2.05) is 44.2 Å². The Bertz CT molecular complexity index is 1550. The molecule has 1 amide bonds. The second-order valence-electron chi connectivity index (χ2n) is 8.62. The number of carbonyl (C=O) groups excluding carboxylic acids is 3. The first-order valence-electron chi connectivity index (χ1n) is 11.2. The Morgan fingerprint density at radius 3 is 2.25 bits per heavy atom. The van der Waals surface area contributed by atoms with Gasteiger partial charge in [0.15, 0.2) is 5.13 Å². The summed E-state index contributed by atoms with van der Waals surface area (Å²) in [6.07, 6.45) is 0. The number of ether oxygens (including phenoxy) is 1. The van der Waals surface area contributed by atoms with E-state index < -0.39 is 23.7 Å². The van der Waals surface area contributed by atoms with Gasteiger partial charge in [-0.05, 0) is 49.2 Å².